The Morgan fingerprint density at radius 1 is 1.19 bits per heavy atom. The standard InChI is InChI=1S/C24H21FN4O3/c1-14-12-28(9-8-26-14)23-20(25)11-18-21(30)19(24(31)32)13-29(22(18)27-23)17-7-6-15-4-2-3-5-16(15)10-17/h2-7,10-11,13-14,26H,8-9,12H2,1H3,(H,31,32). The van der Waals surface area contributed by atoms with Crippen LogP contribution in [0.4, 0.5) is 10.2 Å². The van der Waals surface area contributed by atoms with E-state index in [0.717, 1.165) is 16.8 Å². The van der Waals surface area contributed by atoms with Crippen molar-refractivity contribution < 1.29 is 14.3 Å². The van der Waals surface area contributed by atoms with Crippen LogP contribution in [0.2, 0.25) is 0 Å². The molecule has 1 saturated heterocycles. The van der Waals surface area contributed by atoms with Gasteiger partial charge >= 0.3 is 5.97 Å². The van der Waals surface area contributed by atoms with E-state index in [4.69, 9.17) is 0 Å². The fraction of sp³-hybridized carbons (Fsp3) is 0.208. The van der Waals surface area contributed by atoms with Gasteiger partial charge in [0.1, 0.15) is 5.56 Å². The molecule has 7 nitrogen and oxygen atoms in total. The summed E-state index contributed by atoms with van der Waals surface area (Å²) in [5, 5.41) is 14.8. The van der Waals surface area contributed by atoms with Crippen LogP contribution in [0.3, 0.4) is 0 Å². The highest BCUT2D eigenvalue weighted by molar-refractivity contribution is 5.93. The van der Waals surface area contributed by atoms with Gasteiger partial charge in [-0.1, -0.05) is 30.3 Å². The lowest BCUT2D eigenvalue weighted by Gasteiger charge is -2.33. The highest BCUT2D eigenvalue weighted by Gasteiger charge is 2.24. The van der Waals surface area contributed by atoms with Gasteiger partial charge in [-0.3, -0.25) is 4.79 Å². The number of piperazine rings is 1. The first-order valence-electron chi connectivity index (χ1n) is 10.4. The van der Waals surface area contributed by atoms with E-state index < -0.39 is 22.8 Å². The van der Waals surface area contributed by atoms with Crippen LogP contribution >= 0.6 is 0 Å². The monoisotopic (exact) mass is 432 g/mol. The van der Waals surface area contributed by atoms with Crippen molar-refractivity contribution in [3.05, 3.63) is 76.3 Å². The Morgan fingerprint density at radius 2 is 1.97 bits per heavy atom. The minimum atomic E-state index is -1.37. The number of carboxylic acid groups (broad SMARTS) is 1. The van der Waals surface area contributed by atoms with Crippen molar-refractivity contribution in [2.75, 3.05) is 24.5 Å². The van der Waals surface area contributed by atoms with Crippen LogP contribution in [-0.2, 0) is 0 Å². The first kappa shape index (κ1) is 20.1. The average molecular weight is 432 g/mol. The zero-order chi connectivity index (χ0) is 22.4. The molecule has 3 heterocycles. The molecule has 1 aliphatic heterocycles. The molecule has 0 bridgehead atoms. The fourth-order valence-corrected chi connectivity index (χ4v) is 4.24. The van der Waals surface area contributed by atoms with E-state index >= 15 is 4.39 Å². The zero-order valence-corrected chi connectivity index (χ0v) is 17.4. The Balaban J connectivity index is 1.79. The molecule has 2 aromatic heterocycles. The minimum Gasteiger partial charge on any atom is -0.477 e. The average Bonchev–Trinajstić information content (AvgIpc) is 2.79. The molecule has 2 aromatic carbocycles. The lowest BCUT2D eigenvalue weighted by molar-refractivity contribution is 0.0695. The molecule has 2 N–H and O–H groups in total. The van der Waals surface area contributed by atoms with Crippen molar-refractivity contribution in [2.45, 2.75) is 13.0 Å². The summed E-state index contributed by atoms with van der Waals surface area (Å²) < 4.78 is 16.6. The number of rotatable bonds is 3. The first-order valence-corrected chi connectivity index (χ1v) is 10.4. The number of benzene rings is 2. The lowest BCUT2D eigenvalue weighted by atomic mass is 10.1. The van der Waals surface area contributed by atoms with Gasteiger partial charge in [0, 0.05) is 37.6 Å². The number of nitrogens with zero attached hydrogens (tertiary/aromatic N) is 3. The molecular weight excluding hydrogens is 411 g/mol. The maximum absolute atomic E-state index is 15.1. The zero-order valence-electron chi connectivity index (χ0n) is 17.4. The predicted molar refractivity (Wildman–Crippen MR) is 121 cm³/mol. The van der Waals surface area contributed by atoms with Gasteiger partial charge in [0.05, 0.1) is 5.39 Å². The maximum Gasteiger partial charge on any atom is 0.341 e. The molecule has 162 valence electrons. The van der Waals surface area contributed by atoms with Crippen molar-refractivity contribution in [1.82, 2.24) is 14.9 Å². The summed E-state index contributed by atoms with van der Waals surface area (Å²) in [4.78, 5) is 31.0. The van der Waals surface area contributed by atoms with Crippen molar-refractivity contribution in [2.24, 2.45) is 0 Å². The molecule has 1 atom stereocenters. The number of carbonyl (C=O) groups is 1. The fourth-order valence-electron chi connectivity index (χ4n) is 4.24. The number of pyridine rings is 2. The van der Waals surface area contributed by atoms with Crippen molar-refractivity contribution in [3.8, 4) is 5.69 Å². The van der Waals surface area contributed by atoms with E-state index in [2.05, 4.69) is 10.3 Å². The van der Waals surface area contributed by atoms with Gasteiger partial charge in [-0.25, -0.2) is 14.2 Å². The number of halogens is 1. The van der Waals surface area contributed by atoms with Crippen molar-refractivity contribution in [1.29, 1.82) is 0 Å². The molecule has 1 unspecified atom stereocenters. The number of nitrogens with one attached hydrogen (secondary N) is 1. The Labute approximate surface area is 182 Å². The van der Waals surface area contributed by atoms with Gasteiger partial charge < -0.3 is 19.9 Å². The molecule has 32 heavy (non-hydrogen) atoms. The minimum absolute atomic E-state index is 0.0671. The van der Waals surface area contributed by atoms with E-state index in [1.54, 1.807) is 4.57 Å². The van der Waals surface area contributed by atoms with Crippen LogP contribution in [0, 0.1) is 5.82 Å². The van der Waals surface area contributed by atoms with Crippen molar-refractivity contribution >= 4 is 33.6 Å². The molecule has 1 fully saturated rings. The van der Waals surface area contributed by atoms with Gasteiger partial charge in [0.15, 0.2) is 17.3 Å². The third kappa shape index (κ3) is 3.38. The van der Waals surface area contributed by atoms with Gasteiger partial charge in [0.2, 0.25) is 5.43 Å². The van der Waals surface area contributed by atoms with Gasteiger partial charge in [0.25, 0.3) is 0 Å². The molecular formula is C24H21FN4O3. The number of hydrogen-bond donors (Lipinski definition) is 2. The highest BCUT2D eigenvalue weighted by atomic mass is 19.1. The maximum atomic E-state index is 15.1. The molecule has 0 aliphatic carbocycles. The Bertz CT molecular complexity index is 1430. The quantitative estimate of drug-likeness (QED) is 0.517. The summed E-state index contributed by atoms with van der Waals surface area (Å²) in [6.45, 7) is 3.85. The second-order valence-electron chi connectivity index (χ2n) is 8.04. The third-order valence-corrected chi connectivity index (χ3v) is 5.82. The number of fused-ring (bicyclic) bond motifs is 2. The number of anilines is 1. The first-order chi connectivity index (χ1) is 15.4. The number of hydrogen-bond acceptors (Lipinski definition) is 5. The van der Waals surface area contributed by atoms with E-state index in [-0.39, 0.29) is 22.9 Å². The van der Waals surface area contributed by atoms with Crippen LogP contribution in [0.25, 0.3) is 27.5 Å². The van der Waals surface area contributed by atoms with Crippen LogP contribution in [0.15, 0.2) is 59.5 Å². The molecule has 1 aliphatic rings. The molecule has 8 heteroatoms. The summed E-state index contributed by atoms with van der Waals surface area (Å²) >= 11 is 0. The molecule has 4 aromatic rings. The van der Waals surface area contributed by atoms with Crippen LogP contribution in [-0.4, -0.2) is 46.3 Å². The van der Waals surface area contributed by atoms with E-state index in [0.29, 0.717) is 25.3 Å². The second kappa shape index (κ2) is 7.72. The van der Waals surface area contributed by atoms with Gasteiger partial charge in [-0.2, -0.15) is 0 Å². The number of carboxylic acids is 1. The highest BCUT2D eigenvalue weighted by Crippen LogP contribution is 2.26. The van der Waals surface area contributed by atoms with E-state index in [9.17, 15) is 14.7 Å². The van der Waals surface area contributed by atoms with Crippen LogP contribution in [0.5, 0.6) is 0 Å². The molecule has 0 saturated carbocycles. The summed E-state index contributed by atoms with van der Waals surface area (Å²) in [6, 6.07) is 14.7. The normalized spacial score (nSPS) is 16.6. The van der Waals surface area contributed by atoms with Crippen LogP contribution < -0.4 is 15.6 Å². The summed E-state index contributed by atoms with van der Waals surface area (Å²) in [5.41, 5.74) is -0.334. The number of aromatic carboxylic acids is 1. The summed E-state index contributed by atoms with van der Waals surface area (Å²) in [6.07, 6.45) is 1.27. The molecule has 5 rings (SSSR count). The van der Waals surface area contributed by atoms with Crippen LogP contribution in [0.1, 0.15) is 17.3 Å². The molecule has 0 amide bonds. The predicted octanol–water partition coefficient (Wildman–Crippen LogP) is 3.17. The smallest absolute Gasteiger partial charge is 0.341 e. The van der Waals surface area contributed by atoms with Gasteiger partial charge in [-0.15, -0.1) is 0 Å². The lowest BCUT2D eigenvalue weighted by Crippen LogP contribution is -2.49. The topological polar surface area (TPSA) is 87.5 Å². The second-order valence-corrected chi connectivity index (χ2v) is 8.04. The Morgan fingerprint density at radius 3 is 2.72 bits per heavy atom. The summed E-state index contributed by atoms with van der Waals surface area (Å²) in [7, 11) is 0. The number of aromatic nitrogens is 2. The summed E-state index contributed by atoms with van der Waals surface area (Å²) in [5.74, 6) is -1.86. The van der Waals surface area contributed by atoms with E-state index in [1.807, 2.05) is 54.3 Å². The SMILES string of the molecule is CC1CN(c2nc3c(cc2F)c(=O)c(C(=O)O)cn3-c2ccc3ccccc3c2)CCN1. The third-order valence-electron chi connectivity index (χ3n) is 5.82. The van der Waals surface area contributed by atoms with Gasteiger partial charge in [-0.05, 0) is 35.9 Å². The largest absolute Gasteiger partial charge is 0.477 e. The Kier molecular flexibility index (Phi) is 4.86. The molecule has 0 spiro atoms. The van der Waals surface area contributed by atoms with E-state index in [1.165, 1.54) is 6.20 Å². The Hall–Kier alpha value is -3.78. The molecule has 0 radical (unpaired) electrons. The van der Waals surface area contributed by atoms with Crippen molar-refractivity contribution in [3.63, 3.8) is 0 Å².